The lowest BCUT2D eigenvalue weighted by molar-refractivity contribution is 1.67. The SMILES string of the molecule is Bc1c(Br)cccc1Br.Cl.Cl. The summed E-state index contributed by atoms with van der Waals surface area (Å²) < 4.78 is 2.30. The molecule has 11 heavy (non-hydrogen) atoms. The summed E-state index contributed by atoms with van der Waals surface area (Å²) in [6.07, 6.45) is 0. The number of rotatable bonds is 0. The predicted octanol–water partition coefficient (Wildman–Crippen LogP) is 2.31. The molecular formula is C6H7BBr2Cl2. The average molecular weight is 321 g/mol. The lowest BCUT2D eigenvalue weighted by Gasteiger charge is -1.97. The lowest BCUT2D eigenvalue weighted by Crippen LogP contribution is -2.04. The van der Waals surface area contributed by atoms with E-state index in [1.165, 1.54) is 5.46 Å². The highest BCUT2D eigenvalue weighted by molar-refractivity contribution is 9.11. The molecule has 0 spiro atoms. The Balaban J connectivity index is 0. The van der Waals surface area contributed by atoms with E-state index in [2.05, 4.69) is 39.7 Å². The maximum Gasteiger partial charge on any atom is 0.142 e. The molecular weight excluding hydrogens is 314 g/mol. The summed E-state index contributed by atoms with van der Waals surface area (Å²) in [6.45, 7) is 0. The van der Waals surface area contributed by atoms with Crippen molar-refractivity contribution in [3.63, 3.8) is 0 Å². The van der Waals surface area contributed by atoms with Gasteiger partial charge in [0.1, 0.15) is 7.85 Å². The Kier molecular flexibility index (Phi) is 8.29. The Morgan fingerprint density at radius 1 is 1.00 bits per heavy atom. The van der Waals surface area contributed by atoms with Gasteiger partial charge < -0.3 is 0 Å². The van der Waals surface area contributed by atoms with Crippen LogP contribution in [0, 0.1) is 0 Å². The summed E-state index contributed by atoms with van der Waals surface area (Å²) in [4.78, 5) is 0. The molecule has 0 radical (unpaired) electrons. The van der Waals surface area contributed by atoms with Crippen LogP contribution in [0.2, 0.25) is 0 Å². The quantitative estimate of drug-likeness (QED) is 0.644. The topological polar surface area (TPSA) is 0 Å². The Bertz CT molecular complexity index is 210. The van der Waals surface area contributed by atoms with Crippen molar-refractivity contribution in [1.29, 1.82) is 0 Å². The van der Waals surface area contributed by atoms with E-state index >= 15 is 0 Å². The van der Waals surface area contributed by atoms with Crippen molar-refractivity contribution in [3.8, 4) is 0 Å². The maximum atomic E-state index is 3.42. The number of benzene rings is 1. The number of halogens is 4. The van der Waals surface area contributed by atoms with Crippen molar-refractivity contribution in [2.45, 2.75) is 0 Å². The fourth-order valence-electron chi connectivity index (χ4n) is 0.581. The van der Waals surface area contributed by atoms with Crippen molar-refractivity contribution in [2.24, 2.45) is 0 Å². The summed E-state index contributed by atoms with van der Waals surface area (Å²) in [5, 5.41) is 0. The molecule has 5 heteroatoms. The normalized spacial score (nSPS) is 7.82. The van der Waals surface area contributed by atoms with Gasteiger partial charge in [-0.2, -0.15) is 0 Å². The van der Waals surface area contributed by atoms with E-state index in [9.17, 15) is 0 Å². The van der Waals surface area contributed by atoms with E-state index in [1.807, 2.05) is 18.2 Å². The first-order valence-electron chi connectivity index (χ1n) is 2.62. The fraction of sp³-hybridized carbons (Fsp3) is 0. The minimum atomic E-state index is 0. The van der Waals surface area contributed by atoms with E-state index < -0.39 is 0 Å². The Morgan fingerprint density at radius 3 is 1.64 bits per heavy atom. The first-order valence-corrected chi connectivity index (χ1v) is 4.21. The first kappa shape index (κ1) is 14.4. The first-order chi connectivity index (χ1) is 4.22. The Morgan fingerprint density at radius 2 is 1.36 bits per heavy atom. The molecule has 0 unspecified atom stereocenters. The van der Waals surface area contributed by atoms with E-state index in [1.54, 1.807) is 0 Å². The van der Waals surface area contributed by atoms with Crippen molar-refractivity contribution in [1.82, 2.24) is 0 Å². The van der Waals surface area contributed by atoms with Gasteiger partial charge in [0, 0.05) is 8.95 Å². The third-order valence-corrected chi connectivity index (χ3v) is 2.92. The van der Waals surface area contributed by atoms with Gasteiger partial charge in [0.15, 0.2) is 0 Å². The van der Waals surface area contributed by atoms with Gasteiger partial charge in [-0.3, -0.25) is 0 Å². The second-order valence-corrected chi connectivity index (χ2v) is 3.56. The summed E-state index contributed by atoms with van der Waals surface area (Å²) in [5.41, 5.74) is 1.25. The van der Waals surface area contributed by atoms with Crippen LogP contribution in [0.5, 0.6) is 0 Å². The van der Waals surface area contributed by atoms with Crippen LogP contribution in [0.3, 0.4) is 0 Å². The van der Waals surface area contributed by atoms with E-state index in [0.29, 0.717) is 0 Å². The van der Waals surface area contributed by atoms with Crippen molar-refractivity contribution < 1.29 is 0 Å². The second-order valence-electron chi connectivity index (χ2n) is 1.85. The molecule has 1 aromatic rings. The van der Waals surface area contributed by atoms with Crippen LogP contribution in [-0.4, -0.2) is 7.85 Å². The molecule has 0 aliphatic carbocycles. The molecule has 0 fully saturated rings. The van der Waals surface area contributed by atoms with E-state index in [4.69, 9.17) is 0 Å². The molecule has 1 aromatic carbocycles. The zero-order chi connectivity index (χ0) is 6.85. The summed E-state index contributed by atoms with van der Waals surface area (Å²) >= 11 is 6.83. The van der Waals surface area contributed by atoms with Crippen LogP contribution < -0.4 is 5.46 Å². The van der Waals surface area contributed by atoms with Crippen LogP contribution in [0.1, 0.15) is 0 Å². The molecule has 0 heterocycles. The molecule has 0 amide bonds. The largest absolute Gasteiger partial charge is 0.147 e. The molecule has 0 saturated heterocycles. The highest BCUT2D eigenvalue weighted by atomic mass is 79.9. The molecule has 0 saturated carbocycles. The maximum absolute atomic E-state index is 3.42. The molecule has 0 N–H and O–H groups in total. The molecule has 0 aliphatic heterocycles. The molecule has 0 atom stereocenters. The minimum Gasteiger partial charge on any atom is -0.147 e. The molecule has 0 bridgehead atoms. The molecule has 0 nitrogen and oxygen atoms in total. The summed E-state index contributed by atoms with van der Waals surface area (Å²) in [7, 11) is 2.06. The zero-order valence-corrected chi connectivity index (χ0v) is 10.6. The zero-order valence-electron chi connectivity index (χ0n) is 5.80. The van der Waals surface area contributed by atoms with Crippen LogP contribution in [0.15, 0.2) is 27.1 Å². The third kappa shape index (κ3) is 3.84. The Labute approximate surface area is 96.6 Å². The molecule has 62 valence electrons. The van der Waals surface area contributed by atoms with Crippen LogP contribution >= 0.6 is 56.7 Å². The monoisotopic (exact) mass is 318 g/mol. The summed E-state index contributed by atoms with van der Waals surface area (Å²) in [6, 6.07) is 6.06. The van der Waals surface area contributed by atoms with Gasteiger partial charge in [-0.1, -0.05) is 43.4 Å². The van der Waals surface area contributed by atoms with Crippen LogP contribution in [0.4, 0.5) is 0 Å². The van der Waals surface area contributed by atoms with E-state index in [0.717, 1.165) is 8.95 Å². The molecule has 0 aliphatic rings. The average Bonchev–Trinajstić information content (AvgIpc) is 1.83. The van der Waals surface area contributed by atoms with Gasteiger partial charge in [0.05, 0.1) is 0 Å². The highest BCUT2D eigenvalue weighted by Crippen LogP contribution is 2.11. The smallest absolute Gasteiger partial charge is 0.142 e. The van der Waals surface area contributed by atoms with Gasteiger partial charge in [0.25, 0.3) is 0 Å². The van der Waals surface area contributed by atoms with Gasteiger partial charge >= 0.3 is 0 Å². The van der Waals surface area contributed by atoms with Crippen molar-refractivity contribution in [2.75, 3.05) is 0 Å². The second kappa shape index (κ2) is 6.35. The predicted molar refractivity (Wildman–Crippen MR) is 64.5 cm³/mol. The standard InChI is InChI=1S/C6H5BBr2.2ClH/c7-6-4(8)2-1-3-5(6)9;;/h1-3H,7H2;2*1H. The van der Waals surface area contributed by atoms with Crippen LogP contribution in [0.25, 0.3) is 0 Å². The van der Waals surface area contributed by atoms with Gasteiger partial charge in [-0.25, -0.2) is 0 Å². The fourth-order valence-corrected chi connectivity index (χ4v) is 1.58. The number of hydrogen-bond acceptors (Lipinski definition) is 0. The molecule has 0 aromatic heterocycles. The minimum absolute atomic E-state index is 0. The lowest BCUT2D eigenvalue weighted by atomic mass is 9.97. The van der Waals surface area contributed by atoms with Crippen molar-refractivity contribution >= 4 is 70.0 Å². The van der Waals surface area contributed by atoms with Crippen molar-refractivity contribution in [3.05, 3.63) is 27.1 Å². The summed E-state index contributed by atoms with van der Waals surface area (Å²) in [5.74, 6) is 0. The van der Waals surface area contributed by atoms with Gasteiger partial charge in [-0.05, 0) is 12.1 Å². The number of hydrogen-bond donors (Lipinski definition) is 0. The third-order valence-electron chi connectivity index (χ3n) is 1.20. The Hall–Kier alpha value is 0.825. The van der Waals surface area contributed by atoms with Gasteiger partial charge in [0.2, 0.25) is 0 Å². The van der Waals surface area contributed by atoms with Crippen LogP contribution in [-0.2, 0) is 0 Å². The highest BCUT2D eigenvalue weighted by Gasteiger charge is 1.95. The van der Waals surface area contributed by atoms with E-state index in [-0.39, 0.29) is 24.8 Å². The molecule has 1 rings (SSSR count). The van der Waals surface area contributed by atoms with Gasteiger partial charge in [-0.15, -0.1) is 24.8 Å².